The molecule has 0 unspecified atom stereocenters. The molecule has 0 bridgehead atoms. The molecule has 0 aliphatic carbocycles. The molecule has 0 saturated heterocycles. The van der Waals surface area contributed by atoms with E-state index in [1.54, 1.807) is 12.2 Å². The van der Waals surface area contributed by atoms with Gasteiger partial charge in [-0.05, 0) is 18.6 Å². The summed E-state index contributed by atoms with van der Waals surface area (Å²) in [5.41, 5.74) is 8.64. The van der Waals surface area contributed by atoms with Gasteiger partial charge in [-0.3, -0.25) is 14.4 Å². The van der Waals surface area contributed by atoms with Gasteiger partial charge in [0.1, 0.15) is 0 Å². The Bertz CT molecular complexity index is 989. The zero-order chi connectivity index (χ0) is 17.9. The third-order valence-electron chi connectivity index (χ3n) is 3.75. The van der Waals surface area contributed by atoms with Crippen LogP contribution in [0.25, 0.3) is 12.3 Å². The van der Waals surface area contributed by atoms with Gasteiger partial charge in [-0.1, -0.05) is 32.4 Å². The third-order valence-corrected chi connectivity index (χ3v) is 3.75. The van der Waals surface area contributed by atoms with Crippen molar-refractivity contribution in [1.29, 1.82) is 0 Å². The lowest BCUT2D eigenvalue weighted by Crippen LogP contribution is -2.36. The molecule has 0 amide bonds. The number of hydrogen-bond acceptors (Lipinski definition) is 3. The summed E-state index contributed by atoms with van der Waals surface area (Å²) in [5, 5.41) is 4.36. The highest BCUT2D eigenvalue weighted by Gasteiger charge is 2.31. The summed E-state index contributed by atoms with van der Waals surface area (Å²) in [7, 11) is 0. The summed E-state index contributed by atoms with van der Waals surface area (Å²) in [5.74, 6) is -0.213. The van der Waals surface area contributed by atoms with Gasteiger partial charge < -0.3 is 5.32 Å². The molecule has 1 aliphatic rings. The molecule has 0 radical (unpaired) electrons. The van der Waals surface area contributed by atoms with Gasteiger partial charge in [-0.25, -0.2) is 0 Å². The fourth-order valence-electron chi connectivity index (χ4n) is 2.71. The molecule has 0 spiro atoms. The fourth-order valence-corrected chi connectivity index (χ4v) is 2.71. The molecule has 24 heavy (non-hydrogen) atoms. The van der Waals surface area contributed by atoms with Crippen LogP contribution in [-0.2, 0) is 0 Å². The summed E-state index contributed by atoms with van der Waals surface area (Å²) in [4.78, 5) is 17.3. The van der Waals surface area contributed by atoms with Crippen LogP contribution in [0.4, 0.5) is 5.69 Å². The van der Waals surface area contributed by atoms with E-state index in [0.717, 1.165) is 5.57 Å². The second-order valence-electron chi connectivity index (χ2n) is 5.08. The van der Waals surface area contributed by atoms with Gasteiger partial charge in [0, 0.05) is 12.7 Å². The van der Waals surface area contributed by atoms with Crippen molar-refractivity contribution in [2.75, 3.05) is 11.9 Å². The largest absolute Gasteiger partial charge is 0.379 e. The number of allylic oxidation sites excluding steroid dienone is 3. The van der Waals surface area contributed by atoms with E-state index < -0.39 is 0 Å². The molecular formula is C20H19N3O. The van der Waals surface area contributed by atoms with E-state index >= 15 is 0 Å². The second-order valence-corrected chi connectivity index (χ2v) is 5.08. The van der Waals surface area contributed by atoms with Crippen LogP contribution in [0, 0.1) is 0 Å². The van der Waals surface area contributed by atoms with Crippen LogP contribution in [0.2, 0.25) is 0 Å². The molecule has 4 heteroatoms. The van der Waals surface area contributed by atoms with Gasteiger partial charge in [-0.2, -0.15) is 0 Å². The number of carbonyl (C=O) groups excluding carboxylic acids is 1. The number of aliphatic imine (C=N–C) groups is 1. The summed E-state index contributed by atoms with van der Waals surface area (Å²) in [6, 6.07) is 0. The molecule has 1 aliphatic heterocycles. The number of nitrogens with one attached hydrogen (secondary N) is 1. The molecule has 120 valence electrons. The van der Waals surface area contributed by atoms with Crippen molar-refractivity contribution in [3.8, 4) is 0 Å². The van der Waals surface area contributed by atoms with Crippen LogP contribution in [-0.4, -0.2) is 22.7 Å². The van der Waals surface area contributed by atoms with Crippen LogP contribution in [0.1, 0.15) is 17.4 Å². The van der Waals surface area contributed by atoms with Gasteiger partial charge in [0.2, 0.25) is 0 Å². The average molecular weight is 317 g/mol. The number of rotatable bonds is 5. The standard InChI is InChI=1S/C20H19N3O/c1-7-11-16-13(5)17(21-10-4)19-18(22-12-8-2)15(9-3)14(6)23(19)20(16)24/h8,10-11,22H,1-4,6,12H2,5H3/b21-17-. The first-order valence-corrected chi connectivity index (χ1v) is 7.32. The van der Waals surface area contributed by atoms with Gasteiger partial charge >= 0.3 is 0 Å². The van der Waals surface area contributed by atoms with Crippen LogP contribution in [0.5, 0.6) is 0 Å². The lowest BCUT2D eigenvalue weighted by atomic mass is 9.97. The molecule has 2 heterocycles. The highest BCUT2D eigenvalue weighted by Crippen LogP contribution is 2.25. The first-order valence-electron chi connectivity index (χ1n) is 7.32. The number of aromatic nitrogens is 1. The maximum Gasteiger partial charge on any atom is 0.263 e. The van der Waals surface area contributed by atoms with Crippen molar-refractivity contribution >= 4 is 29.6 Å². The van der Waals surface area contributed by atoms with Crippen LogP contribution < -0.4 is 15.9 Å². The fraction of sp³-hybridized carbons (Fsp3) is 0.100. The highest BCUT2D eigenvalue weighted by atomic mass is 16.2. The Kier molecular flexibility index (Phi) is 4.86. The Balaban J connectivity index is 3.00. The van der Waals surface area contributed by atoms with E-state index in [2.05, 4.69) is 54.7 Å². The van der Waals surface area contributed by atoms with Crippen LogP contribution >= 0.6 is 0 Å². The molecule has 1 aromatic heterocycles. The van der Waals surface area contributed by atoms with Crippen molar-refractivity contribution < 1.29 is 4.79 Å². The van der Waals surface area contributed by atoms with Crippen molar-refractivity contribution in [1.82, 2.24) is 4.57 Å². The average Bonchev–Trinajstić information content (AvgIpc) is 2.85. The molecule has 1 N–H and O–H groups in total. The van der Waals surface area contributed by atoms with E-state index in [0.29, 0.717) is 39.8 Å². The Morgan fingerprint density at radius 3 is 2.58 bits per heavy atom. The minimum Gasteiger partial charge on any atom is -0.379 e. The predicted molar refractivity (Wildman–Crippen MR) is 101 cm³/mol. The van der Waals surface area contributed by atoms with Gasteiger partial charge in [0.15, 0.2) is 0 Å². The number of carbonyl (C=O) groups is 1. The zero-order valence-electron chi connectivity index (χ0n) is 13.8. The third kappa shape index (κ3) is 2.46. The zero-order valence-corrected chi connectivity index (χ0v) is 13.8. The first kappa shape index (κ1) is 17.0. The molecule has 0 atom stereocenters. The number of nitrogens with zero attached hydrogens (tertiary/aromatic N) is 2. The Morgan fingerprint density at radius 1 is 1.33 bits per heavy atom. The van der Waals surface area contributed by atoms with Crippen molar-refractivity contribution in [3.63, 3.8) is 0 Å². The number of hydrogen-bond donors (Lipinski definition) is 1. The van der Waals surface area contributed by atoms with Crippen molar-refractivity contribution in [3.05, 3.63) is 77.8 Å². The first-order chi connectivity index (χ1) is 11.5. The van der Waals surface area contributed by atoms with Crippen LogP contribution in [0.3, 0.4) is 0 Å². The van der Waals surface area contributed by atoms with E-state index in [4.69, 9.17) is 0 Å². The molecule has 1 aromatic rings. The SMILES string of the molecule is C=C=CC1=C(C)/C(=N/C=C)c2c(NCC=C)c(=C=C)c(=C)n2C1=O. The van der Waals surface area contributed by atoms with Gasteiger partial charge in [0.05, 0.1) is 33.2 Å². The minimum absolute atomic E-state index is 0.213. The molecule has 0 fully saturated rings. The summed E-state index contributed by atoms with van der Waals surface area (Å²) in [6.45, 7) is 21.0. The maximum atomic E-state index is 12.9. The molecule has 0 saturated carbocycles. The van der Waals surface area contributed by atoms with E-state index in [9.17, 15) is 4.79 Å². The van der Waals surface area contributed by atoms with E-state index in [-0.39, 0.29) is 5.91 Å². The lowest BCUT2D eigenvalue weighted by molar-refractivity contribution is 0.0953. The predicted octanol–water partition coefficient (Wildman–Crippen LogP) is 2.31. The summed E-state index contributed by atoms with van der Waals surface area (Å²) >= 11 is 0. The van der Waals surface area contributed by atoms with Crippen molar-refractivity contribution in [2.45, 2.75) is 6.92 Å². The molecular weight excluding hydrogens is 298 g/mol. The highest BCUT2D eigenvalue weighted by molar-refractivity contribution is 6.24. The van der Waals surface area contributed by atoms with Crippen molar-refractivity contribution in [2.24, 2.45) is 4.99 Å². The Labute approximate surface area is 141 Å². The topological polar surface area (TPSA) is 46.4 Å². The van der Waals surface area contributed by atoms with Crippen LogP contribution in [0.15, 0.2) is 66.5 Å². The summed E-state index contributed by atoms with van der Waals surface area (Å²) < 4.78 is 1.51. The van der Waals surface area contributed by atoms with Gasteiger partial charge in [0.25, 0.3) is 5.91 Å². The van der Waals surface area contributed by atoms with E-state index in [1.807, 2.05) is 6.92 Å². The minimum atomic E-state index is -0.213. The molecule has 2 rings (SSSR count). The maximum absolute atomic E-state index is 12.9. The Morgan fingerprint density at radius 2 is 2.04 bits per heavy atom. The quantitative estimate of drug-likeness (QED) is 0.669. The number of fused-ring (bicyclic) bond motifs is 1. The lowest BCUT2D eigenvalue weighted by Gasteiger charge is -2.20. The normalized spacial score (nSPS) is 14.7. The molecule has 0 aromatic carbocycles. The molecule has 4 nitrogen and oxygen atoms in total. The second kappa shape index (κ2) is 6.84. The number of anilines is 1. The summed E-state index contributed by atoms with van der Waals surface area (Å²) in [6.07, 6.45) is 4.72. The Hall–Kier alpha value is -3.32. The van der Waals surface area contributed by atoms with Gasteiger partial charge in [-0.15, -0.1) is 18.0 Å². The monoisotopic (exact) mass is 317 g/mol. The van der Waals surface area contributed by atoms with E-state index in [1.165, 1.54) is 10.8 Å². The smallest absolute Gasteiger partial charge is 0.263 e.